The van der Waals surface area contributed by atoms with E-state index in [9.17, 15) is 0 Å². The van der Waals surface area contributed by atoms with Gasteiger partial charge in [-0.25, -0.2) is 0 Å². The summed E-state index contributed by atoms with van der Waals surface area (Å²) >= 11 is 2.04. The van der Waals surface area contributed by atoms with Crippen LogP contribution in [-0.4, -0.2) is 54.8 Å². The third kappa shape index (κ3) is 2.67. The molecule has 2 aliphatic rings. The van der Waals surface area contributed by atoms with Crippen LogP contribution in [0.3, 0.4) is 0 Å². The lowest BCUT2D eigenvalue weighted by Gasteiger charge is -2.41. The van der Waals surface area contributed by atoms with Crippen LogP contribution in [0.5, 0.6) is 0 Å². The summed E-state index contributed by atoms with van der Waals surface area (Å²) in [6.45, 7) is 2.70. The van der Waals surface area contributed by atoms with Crippen molar-refractivity contribution in [1.29, 1.82) is 0 Å². The maximum absolute atomic E-state index is 6.01. The number of rotatable bonds is 3. The lowest BCUT2D eigenvalue weighted by atomic mass is 9.89. The van der Waals surface area contributed by atoms with Gasteiger partial charge in [0.1, 0.15) is 0 Å². The Kier molecular flexibility index (Phi) is 3.93. The van der Waals surface area contributed by atoms with Gasteiger partial charge in [0.15, 0.2) is 0 Å². The van der Waals surface area contributed by atoms with Gasteiger partial charge in [-0.05, 0) is 32.1 Å². The van der Waals surface area contributed by atoms with Crippen LogP contribution in [-0.2, 0) is 4.74 Å². The van der Waals surface area contributed by atoms with Crippen LogP contribution in [0.1, 0.15) is 19.3 Å². The Morgan fingerprint density at radius 3 is 3.13 bits per heavy atom. The minimum absolute atomic E-state index is 0.205. The molecule has 0 bridgehead atoms. The van der Waals surface area contributed by atoms with Gasteiger partial charge in [0, 0.05) is 31.5 Å². The van der Waals surface area contributed by atoms with Crippen molar-refractivity contribution >= 4 is 11.8 Å². The van der Waals surface area contributed by atoms with Crippen LogP contribution in [0.25, 0.3) is 0 Å². The highest BCUT2D eigenvalue weighted by atomic mass is 32.2. The van der Waals surface area contributed by atoms with Crippen LogP contribution < -0.4 is 5.73 Å². The topological polar surface area (TPSA) is 38.5 Å². The molecule has 2 N–H and O–H groups in total. The average Bonchev–Trinajstić information content (AvgIpc) is 2.67. The molecule has 15 heavy (non-hydrogen) atoms. The largest absolute Gasteiger partial charge is 0.374 e. The first-order valence-electron chi connectivity index (χ1n) is 5.88. The quantitative estimate of drug-likeness (QED) is 0.783. The molecule has 0 aliphatic carbocycles. The average molecular weight is 230 g/mol. The third-order valence-electron chi connectivity index (χ3n) is 3.64. The van der Waals surface area contributed by atoms with E-state index in [2.05, 4.69) is 11.9 Å². The molecule has 3 nitrogen and oxygen atoms in total. The number of nitrogens with zero attached hydrogens (tertiary/aromatic N) is 1. The van der Waals surface area contributed by atoms with Gasteiger partial charge in [-0.15, -0.1) is 0 Å². The number of nitrogens with two attached hydrogens (primary N) is 1. The van der Waals surface area contributed by atoms with Crippen molar-refractivity contribution in [3.8, 4) is 0 Å². The lowest BCUT2D eigenvalue weighted by Crippen LogP contribution is -2.48. The molecule has 0 saturated carbocycles. The van der Waals surface area contributed by atoms with Crippen molar-refractivity contribution in [3.63, 3.8) is 0 Å². The molecule has 2 heterocycles. The predicted octanol–water partition coefficient (Wildman–Crippen LogP) is 0.932. The first kappa shape index (κ1) is 11.7. The van der Waals surface area contributed by atoms with Crippen LogP contribution in [0.2, 0.25) is 0 Å². The van der Waals surface area contributed by atoms with Gasteiger partial charge < -0.3 is 15.4 Å². The second-order valence-corrected chi connectivity index (χ2v) is 5.86. The highest BCUT2D eigenvalue weighted by Gasteiger charge is 2.41. The maximum atomic E-state index is 6.01. The zero-order valence-corrected chi connectivity index (χ0v) is 10.4. The van der Waals surface area contributed by atoms with Gasteiger partial charge >= 0.3 is 0 Å². The van der Waals surface area contributed by atoms with Gasteiger partial charge in [-0.2, -0.15) is 11.8 Å². The maximum Gasteiger partial charge on any atom is 0.0795 e. The molecule has 88 valence electrons. The van der Waals surface area contributed by atoms with Crippen LogP contribution in [0.15, 0.2) is 0 Å². The first-order valence-corrected chi connectivity index (χ1v) is 7.03. The summed E-state index contributed by atoms with van der Waals surface area (Å²) in [6.07, 6.45) is 3.62. The first-order chi connectivity index (χ1) is 7.26. The molecule has 1 spiro atoms. The Hall–Kier alpha value is 0.230. The summed E-state index contributed by atoms with van der Waals surface area (Å²) in [5.74, 6) is 2.47. The van der Waals surface area contributed by atoms with Crippen molar-refractivity contribution in [3.05, 3.63) is 0 Å². The Balaban J connectivity index is 1.91. The van der Waals surface area contributed by atoms with E-state index in [0.717, 1.165) is 19.7 Å². The Bertz CT molecular complexity index is 207. The molecule has 0 radical (unpaired) electrons. The van der Waals surface area contributed by atoms with E-state index in [4.69, 9.17) is 10.5 Å². The molecule has 2 aliphatic heterocycles. The van der Waals surface area contributed by atoms with Crippen LogP contribution in [0.4, 0.5) is 0 Å². The number of ether oxygens (including phenoxy) is 1. The monoisotopic (exact) mass is 230 g/mol. The number of hydrogen-bond donors (Lipinski definition) is 1. The molecule has 0 aromatic rings. The zero-order valence-electron chi connectivity index (χ0n) is 9.58. The predicted molar refractivity (Wildman–Crippen MR) is 65.3 cm³/mol. The second-order valence-electron chi connectivity index (χ2n) is 4.75. The fourth-order valence-corrected chi connectivity index (χ4v) is 4.01. The molecule has 0 aromatic carbocycles. The van der Waals surface area contributed by atoms with Crippen molar-refractivity contribution in [2.75, 3.05) is 38.2 Å². The number of hydrogen-bond acceptors (Lipinski definition) is 4. The summed E-state index contributed by atoms with van der Waals surface area (Å²) in [5, 5.41) is 0. The highest BCUT2D eigenvalue weighted by Crippen LogP contribution is 2.39. The smallest absolute Gasteiger partial charge is 0.0795 e. The normalized spacial score (nSPS) is 36.6. The third-order valence-corrected chi connectivity index (χ3v) is 4.86. The summed E-state index contributed by atoms with van der Waals surface area (Å²) in [6, 6.07) is 0.681. The van der Waals surface area contributed by atoms with Crippen molar-refractivity contribution in [1.82, 2.24) is 4.90 Å². The Labute approximate surface area is 96.7 Å². The lowest BCUT2D eigenvalue weighted by molar-refractivity contribution is -0.0860. The molecule has 2 rings (SSSR count). The minimum atomic E-state index is 0.205. The molecule has 2 fully saturated rings. The van der Waals surface area contributed by atoms with Gasteiger partial charge in [0.25, 0.3) is 0 Å². The molecular formula is C11H22N2OS. The van der Waals surface area contributed by atoms with Crippen molar-refractivity contribution in [2.24, 2.45) is 5.73 Å². The molecular weight excluding hydrogens is 208 g/mol. The molecule has 2 unspecified atom stereocenters. The van der Waals surface area contributed by atoms with E-state index in [-0.39, 0.29) is 5.60 Å². The standard InChI is InChI=1S/C11H22N2OS/c1-13(5-4-12)10-2-6-14-11(8-10)3-7-15-9-11/h10H,2-9,12H2,1H3. The number of likely N-dealkylation sites (N-methyl/N-ethyl adjacent to an activating group) is 1. The van der Waals surface area contributed by atoms with E-state index in [1.807, 2.05) is 11.8 Å². The van der Waals surface area contributed by atoms with E-state index >= 15 is 0 Å². The molecule has 0 aromatic heterocycles. The molecule has 2 atom stereocenters. The summed E-state index contributed by atoms with van der Waals surface area (Å²) < 4.78 is 6.01. The summed E-state index contributed by atoms with van der Waals surface area (Å²) in [4.78, 5) is 2.41. The van der Waals surface area contributed by atoms with E-state index in [1.165, 1.54) is 30.8 Å². The van der Waals surface area contributed by atoms with Gasteiger partial charge in [0.05, 0.1) is 5.60 Å². The van der Waals surface area contributed by atoms with E-state index < -0.39 is 0 Å². The Morgan fingerprint density at radius 1 is 1.60 bits per heavy atom. The van der Waals surface area contributed by atoms with E-state index in [1.54, 1.807) is 0 Å². The van der Waals surface area contributed by atoms with Gasteiger partial charge in [0.2, 0.25) is 0 Å². The van der Waals surface area contributed by atoms with Crippen LogP contribution >= 0.6 is 11.8 Å². The van der Waals surface area contributed by atoms with Crippen molar-refractivity contribution < 1.29 is 4.74 Å². The van der Waals surface area contributed by atoms with Crippen LogP contribution in [0, 0.1) is 0 Å². The Morgan fingerprint density at radius 2 is 2.47 bits per heavy atom. The second kappa shape index (κ2) is 5.04. The van der Waals surface area contributed by atoms with Crippen molar-refractivity contribution in [2.45, 2.75) is 30.9 Å². The molecule has 4 heteroatoms. The van der Waals surface area contributed by atoms with E-state index in [0.29, 0.717) is 6.04 Å². The SMILES string of the molecule is CN(CCN)C1CCOC2(CCSC2)C1. The minimum Gasteiger partial charge on any atom is -0.374 e. The molecule has 0 amide bonds. The summed E-state index contributed by atoms with van der Waals surface area (Å²) in [5.41, 5.74) is 5.81. The molecule has 2 saturated heterocycles. The fraction of sp³-hybridized carbons (Fsp3) is 1.00. The fourth-order valence-electron chi connectivity index (χ4n) is 2.63. The van der Waals surface area contributed by atoms with Gasteiger partial charge in [-0.3, -0.25) is 0 Å². The summed E-state index contributed by atoms with van der Waals surface area (Å²) in [7, 11) is 2.19. The zero-order chi connectivity index (χ0) is 10.7. The highest BCUT2D eigenvalue weighted by molar-refractivity contribution is 7.99. The van der Waals surface area contributed by atoms with Gasteiger partial charge in [-0.1, -0.05) is 0 Å². The number of thioether (sulfide) groups is 1.